The van der Waals surface area contributed by atoms with Gasteiger partial charge in [-0.3, -0.25) is 4.79 Å². The van der Waals surface area contributed by atoms with Gasteiger partial charge < -0.3 is 4.57 Å². The van der Waals surface area contributed by atoms with Crippen molar-refractivity contribution in [1.29, 1.82) is 0 Å². The summed E-state index contributed by atoms with van der Waals surface area (Å²) in [6.07, 6.45) is -1.38. The fourth-order valence-electron chi connectivity index (χ4n) is 4.69. The maximum Gasteiger partial charge on any atom is 0.417 e. The van der Waals surface area contributed by atoms with E-state index in [1.807, 2.05) is 6.92 Å². The molecule has 0 radical (unpaired) electrons. The van der Waals surface area contributed by atoms with Crippen LogP contribution in [0.1, 0.15) is 50.0 Å². The molecule has 0 aliphatic heterocycles. The highest BCUT2D eigenvalue weighted by atomic mass is 35.5. The van der Waals surface area contributed by atoms with Gasteiger partial charge in [-0.1, -0.05) is 23.4 Å². The smallest absolute Gasteiger partial charge is 0.318 e. The number of fused-ring (bicyclic) bond motifs is 3. The third-order valence-corrected chi connectivity index (χ3v) is 8.72. The monoisotopic (exact) mass is 535 g/mol. The summed E-state index contributed by atoms with van der Waals surface area (Å²) in [5.41, 5.74) is 2.45. The van der Waals surface area contributed by atoms with E-state index in [2.05, 4.69) is 9.97 Å². The van der Waals surface area contributed by atoms with E-state index in [9.17, 15) is 18.0 Å². The van der Waals surface area contributed by atoms with Gasteiger partial charge in [-0.25, -0.2) is 9.97 Å². The number of hydrogen-bond donors (Lipinski definition) is 0. The first-order chi connectivity index (χ1) is 16.5. The number of ketones is 1. The summed E-state index contributed by atoms with van der Waals surface area (Å²) in [6, 6.07) is 5.50. The van der Waals surface area contributed by atoms with Gasteiger partial charge in [0.15, 0.2) is 5.78 Å². The summed E-state index contributed by atoms with van der Waals surface area (Å²) in [7, 11) is 0. The standard InChI is InChI=1S/C25H21ClF3N3OS2/c1-12-9-17(13(2)32(12)15-7-8-19(26)18(10-15)25(27,28)29)20(33)11-34-23-22-16-5-4-6-21(16)35-24(22)31-14(3)30-23/h7-10H,4-6,11H2,1-3H3. The van der Waals surface area contributed by atoms with Crippen molar-refractivity contribution in [2.45, 2.75) is 51.2 Å². The largest absolute Gasteiger partial charge is 0.417 e. The highest BCUT2D eigenvalue weighted by molar-refractivity contribution is 8.00. The van der Waals surface area contributed by atoms with E-state index in [-0.39, 0.29) is 16.6 Å². The fourth-order valence-corrected chi connectivity index (χ4v) is 7.27. The Balaban J connectivity index is 1.44. The summed E-state index contributed by atoms with van der Waals surface area (Å²) >= 11 is 8.89. The van der Waals surface area contributed by atoms with E-state index in [0.29, 0.717) is 28.5 Å². The van der Waals surface area contributed by atoms with Gasteiger partial charge in [0.05, 0.1) is 16.3 Å². The van der Waals surface area contributed by atoms with E-state index < -0.39 is 11.7 Å². The maximum absolute atomic E-state index is 13.4. The van der Waals surface area contributed by atoms with E-state index in [0.717, 1.165) is 40.6 Å². The number of Topliss-reactive ketones (excluding diaryl/α,β-unsaturated/α-hetero) is 1. The molecule has 3 heterocycles. The predicted octanol–water partition coefficient (Wildman–Crippen LogP) is 7.54. The van der Waals surface area contributed by atoms with Gasteiger partial charge in [0.1, 0.15) is 15.7 Å². The number of aryl methyl sites for hydroxylation is 4. The molecule has 0 atom stereocenters. The molecule has 0 saturated carbocycles. The van der Waals surface area contributed by atoms with Crippen LogP contribution in [0, 0.1) is 20.8 Å². The van der Waals surface area contributed by atoms with Gasteiger partial charge in [-0.2, -0.15) is 13.2 Å². The van der Waals surface area contributed by atoms with Crippen LogP contribution in [0.2, 0.25) is 5.02 Å². The van der Waals surface area contributed by atoms with Crippen LogP contribution in [-0.2, 0) is 19.0 Å². The third kappa shape index (κ3) is 4.38. The van der Waals surface area contributed by atoms with Crippen LogP contribution in [0.5, 0.6) is 0 Å². The Labute approximate surface area is 213 Å². The second-order valence-electron chi connectivity index (χ2n) is 8.61. The molecule has 35 heavy (non-hydrogen) atoms. The summed E-state index contributed by atoms with van der Waals surface area (Å²) in [5.74, 6) is 0.749. The van der Waals surface area contributed by atoms with E-state index in [1.165, 1.54) is 34.3 Å². The van der Waals surface area contributed by atoms with Crippen molar-refractivity contribution in [2.75, 3.05) is 5.75 Å². The molecule has 0 fully saturated rings. The first kappa shape index (κ1) is 24.3. The minimum absolute atomic E-state index is 0.101. The van der Waals surface area contributed by atoms with Crippen molar-refractivity contribution >= 4 is 50.7 Å². The first-order valence-electron chi connectivity index (χ1n) is 11.1. The van der Waals surface area contributed by atoms with Gasteiger partial charge in [-0.15, -0.1) is 11.3 Å². The third-order valence-electron chi connectivity index (χ3n) is 6.23. The predicted molar refractivity (Wildman–Crippen MR) is 134 cm³/mol. The van der Waals surface area contributed by atoms with Gasteiger partial charge in [0.2, 0.25) is 0 Å². The number of aromatic nitrogens is 3. The number of benzene rings is 1. The number of rotatable bonds is 5. The van der Waals surface area contributed by atoms with Crippen molar-refractivity contribution < 1.29 is 18.0 Å². The number of alkyl halides is 3. The van der Waals surface area contributed by atoms with E-state index >= 15 is 0 Å². The van der Waals surface area contributed by atoms with Gasteiger partial charge in [0.25, 0.3) is 0 Å². The minimum Gasteiger partial charge on any atom is -0.318 e. The highest BCUT2D eigenvalue weighted by Crippen LogP contribution is 2.41. The first-order valence-corrected chi connectivity index (χ1v) is 13.2. The molecule has 5 rings (SSSR count). The summed E-state index contributed by atoms with van der Waals surface area (Å²) in [5, 5.41) is 1.53. The molecule has 182 valence electrons. The van der Waals surface area contributed by atoms with Crippen LogP contribution in [0.15, 0.2) is 29.3 Å². The van der Waals surface area contributed by atoms with Crippen LogP contribution in [0.4, 0.5) is 13.2 Å². The van der Waals surface area contributed by atoms with Crippen LogP contribution >= 0.6 is 34.7 Å². The molecule has 4 nitrogen and oxygen atoms in total. The molecule has 1 aliphatic rings. The molecule has 0 N–H and O–H groups in total. The van der Waals surface area contributed by atoms with Gasteiger partial charge in [-0.05, 0) is 69.9 Å². The Morgan fingerprint density at radius 1 is 1.17 bits per heavy atom. The Bertz CT molecular complexity index is 1490. The zero-order valence-electron chi connectivity index (χ0n) is 19.2. The Morgan fingerprint density at radius 3 is 2.69 bits per heavy atom. The number of halogens is 4. The van der Waals surface area contributed by atoms with Gasteiger partial charge in [0, 0.05) is 32.9 Å². The minimum atomic E-state index is -4.57. The molecule has 1 aliphatic carbocycles. The lowest BCUT2D eigenvalue weighted by molar-refractivity contribution is -0.137. The van der Waals surface area contributed by atoms with Crippen LogP contribution in [0.3, 0.4) is 0 Å². The van der Waals surface area contributed by atoms with Gasteiger partial charge >= 0.3 is 6.18 Å². The van der Waals surface area contributed by atoms with Crippen LogP contribution in [-0.4, -0.2) is 26.1 Å². The average molecular weight is 536 g/mol. The lowest BCUT2D eigenvalue weighted by Gasteiger charge is -2.14. The molecule has 3 aromatic heterocycles. The lowest BCUT2D eigenvalue weighted by Crippen LogP contribution is -2.09. The fraction of sp³-hybridized carbons (Fsp3) is 0.320. The number of thiophene rings is 1. The highest BCUT2D eigenvalue weighted by Gasteiger charge is 2.34. The Hall–Kier alpha value is -2.36. The molecular weight excluding hydrogens is 515 g/mol. The number of carbonyl (C=O) groups excluding carboxylic acids is 1. The van der Waals surface area contributed by atoms with E-state index in [1.54, 1.807) is 35.8 Å². The summed E-state index contributed by atoms with van der Waals surface area (Å²) in [6.45, 7) is 5.36. The van der Waals surface area contributed by atoms with Crippen LogP contribution < -0.4 is 0 Å². The molecule has 0 spiro atoms. The normalized spacial score (nSPS) is 13.6. The molecule has 10 heteroatoms. The van der Waals surface area contributed by atoms with Crippen molar-refractivity contribution in [2.24, 2.45) is 0 Å². The zero-order chi connectivity index (χ0) is 25.1. The Morgan fingerprint density at radius 2 is 1.94 bits per heavy atom. The molecule has 0 unspecified atom stereocenters. The molecular formula is C25H21ClF3N3OS2. The second kappa shape index (κ2) is 8.94. The molecule has 0 amide bonds. The number of nitrogens with zero attached hydrogens (tertiary/aromatic N) is 3. The molecule has 0 bridgehead atoms. The van der Waals surface area contributed by atoms with Crippen molar-refractivity contribution in [3.05, 3.63) is 68.1 Å². The zero-order valence-corrected chi connectivity index (χ0v) is 21.6. The number of carbonyl (C=O) groups is 1. The topological polar surface area (TPSA) is 47.8 Å². The SMILES string of the molecule is Cc1nc(SCC(=O)c2cc(C)n(-c3ccc(Cl)c(C(F)(F)F)c3)c2C)c2c3c(sc2n1)CCC3. The van der Waals surface area contributed by atoms with Crippen LogP contribution in [0.25, 0.3) is 15.9 Å². The molecule has 1 aromatic carbocycles. The average Bonchev–Trinajstić information content (AvgIpc) is 3.44. The summed E-state index contributed by atoms with van der Waals surface area (Å²) in [4.78, 5) is 24.8. The maximum atomic E-state index is 13.4. The van der Waals surface area contributed by atoms with E-state index in [4.69, 9.17) is 11.6 Å². The summed E-state index contributed by atoms with van der Waals surface area (Å²) < 4.78 is 41.8. The Kier molecular flexibility index (Phi) is 6.22. The number of hydrogen-bond acceptors (Lipinski definition) is 5. The number of thioether (sulfide) groups is 1. The van der Waals surface area contributed by atoms with Crippen molar-refractivity contribution in [3.63, 3.8) is 0 Å². The van der Waals surface area contributed by atoms with Crippen molar-refractivity contribution in [1.82, 2.24) is 14.5 Å². The molecule has 4 aromatic rings. The van der Waals surface area contributed by atoms with Crippen molar-refractivity contribution in [3.8, 4) is 5.69 Å². The lowest BCUT2D eigenvalue weighted by atomic mass is 10.1. The quantitative estimate of drug-likeness (QED) is 0.150. The second-order valence-corrected chi connectivity index (χ2v) is 11.1. The molecule has 0 saturated heterocycles.